The number of hydrogen-bond donors (Lipinski definition) is 1. The van der Waals surface area contributed by atoms with Gasteiger partial charge in [0.15, 0.2) is 0 Å². The zero-order chi connectivity index (χ0) is 18.8. The monoisotopic (exact) mass is 359 g/mol. The van der Waals surface area contributed by atoms with Gasteiger partial charge in [0.2, 0.25) is 0 Å². The molecule has 0 aliphatic heterocycles. The zero-order valence-corrected chi connectivity index (χ0v) is 15.3. The van der Waals surface area contributed by atoms with Gasteiger partial charge in [-0.25, -0.2) is 9.97 Å². The number of para-hydroxylation sites is 1. The molecule has 2 aromatic heterocycles. The molecular weight excluding hydrogens is 338 g/mol. The zero-order valence-electron chi connectivity index (χ0n) is 15.3. The molecule has 1 N–H and O–H groups in total. The number of carbonyl (C=O) groups excluding carboxylic acids is 1. The molecule has 2 heterocycles. The van der Waals surface area contributed by atoms with E-state index in [0.717, 1.165) is 22.3 Å². The molecular formula is C21H21N5O. The van der Waals surface area contributed by atoms with Crippen LogP contribution < -0.4 is 5.32 Å². The molecule has 0 radical (unpaired) electrons. The molecule has 4 rings (SSSR count). The summed E-state index contributed by atoms with van der Waals surface area (Å²) in [6, 6.07) is 13.9. The van der Waals surface area contributed by atoms with Gasteiger partial charge in [-0.15, -0.1) is 0 Å². The van der Waals surface area contributed by atoms with Gasteiger partial charge in [-0.05, 0) is 43.7 Å². The van der Waals surface area contributed by atoms with E-state index in [1.54, 1.807) is 12.5 Å². The van der Waals surface area contributed by atoms with E-state index < -0.39 is 0 Å². The standard InChI is InChI=1S/C21H21N5O/c1-15(2)26-14-24-18-11-16(7-8-20(18)26)21(27)23-12-17-5-3-4-6-19(17)25-10-9-22-13-25/h3-11,13-15H,12H2,1-2H3,(H,23,27). The lowest BCUT2D eigenvalue weighted by atomic mass is 10.1. The molecule has 0 unspecified atom stereocenters. The fraction of sp³-hybridized carbons (Fsp3) is 0.190. The van der Waals surface area contributed by atoms with E-state index in [1.807, 2.05) is 59.6 Å². The van der Waals surface area contributed by atoms with Gasteiger partial charge in [0.1, 0.15) is 0 Å². The summed E-state index contributed by atoms with van der Waals surface area (Å²) >= 11 is 0. The second kappa shape index (κ2) is 7.07. The van der Waals surface area contributed by atoms with Crippen LogP contribution in [0.4, 0.5) is 0 Å². The summed E-state index contributed by atoms with van der Waals surface area (Å²) < 4.78 is 4.03. The van der Waals surface area contributed by atoms with Gasteiger partial charge < -0.3 is 14.5 Å². The Kier molecular flexibility index (Phi) is 4.46. The van der Waals surface area contributed by atoms with Crippen LogP contribution in [0.5, 0.6) is 0 Å². The Hall–Kier alpha value is -3.41. The van der Waals surface area contributed by atoms with E-state index in [0.29, 0.717) is 18.2 Å². The molecule has 2 aromatic carbocycles. The van der Waals surface area contributed by atoms with Crippen molar-refractivity contribution < 1.29 is 4.79 Å². The maximum Gasteiger partial charge on any atom is 0.251 e. The van der Waals surface area contributed by atoms with Gasteiger partial charge in [0.25, 0.3) is 5.91 Å². The van der Waals surface area contributed by atoms with Crippen LogP contribution in [0.15, 0.2) is 67.5 Å². The number of aromatic nitrogens is 4. The van der Waals surface area contributed by atoms with Crippen LogP contribution in [0.1, 0.15) is 35.8 Å². The number of fused-ring (bicyclic) bond motifs is 1. The van der Waals surface area contributed by atoms with Crippen molar-refractivity contribution in [1.29, 1.82) is 0 Å². The smallest absolute Gasteiger partial charge is 0.251 e. The fourth-order valence-electron chi connectivity index (χ4n) is 3.18. The van der Waals surface area contributed by atoms with Crippen molar-refractivity contribution in [2.45, 2.75) is 26.4 Å². The number of imidazole rings is 2. The molecule has 4 aromatic rings. The molecule has 0 saturated heterocycles. The fourth-order valence-corrected chi connectivity index (χ4v) is 3.18. The number of amides is 1. The van der Waals surface area contributed by atoms with E-state index in [9.17, 15) is 4.79 Å². The molecule has 27 heavy (non-hydrogen) atoms. The molecule has 136 valence electrons. The summed E-state index contributed by atoms with van der Waals surface area (Å²) in [5.41, 5.74) is 4.49. The summed E-state index contributed by atoms with van der Waals surface area (Å²) in [6.45, 7) is 4.66. The average molecular weight is 359 g/mol. The molecule has 1 amide bonds. The first-order valence-electron chi connectivity index (χ1n) is 8.94. The van der Waals surface area contributed by atoms with Crippen LogP contribution in [0.25, 0.3) is 16.7 Å². The Labute approximate surface area is 157 Å². The van der Waals surface area contributed by atoms with Crippen molar-refractivity contribution in [2.24, 2.45) is 0 Å². The maximum absolute atomic E-state index is 12.6. The third-order valence-electron chi connectivity index (χ3n) is 4.61. The molecule has 6 heteroatoms. The second-order valence-corrected chi connectivity index (χ2v) is 6.73. The Morgan fingerprint density at radius 3 is 2.78 bits per heavy atom. The number of rotatable bonds is 5. The number of nitrogens with one attached hydrogen (secondary N) is 1. The van der Waals surface area contributed by atoms with E-state index in [2.05, 4.69) is 33.7 Å². The molecule has 0 saturated carbocycles. The largest absolute Gasteiger partial charge is 0.348 e. The Bertz CT molecular complexity index is 1080. The number of carbonyl (C=O) groups is 1. The van der Waals surface area contributed by atoms with E-state index in [4.69, 9.17) is 0 Å². The summed E-state index contributed by atoms with van der Waals surface area (Å²) in [5.74, 6) is -0.114. The third kappa shape index (κ3) is 3.33. The lowest BCUT2D eigenvalue weighted by molar-refractivity contribution is 0.0951. The first-order chi connectivity index (χ1) is 13.1. The van der Waals surface area contributed by atoms with Gasteiger partial charge in [-0.2, -0.15) is 0 Å². The van der Waals surface area contributed by atoms with Gasteiger partial charge in [0.05, 0.1) is 29.4 Å². The molecule has 0 atom stereocenters. The number of nitrogens with zero attached hydrogens (tertiary/aromatic N) is 4. The van der Waals surface area contributed by atoms with Crippen LogP contribution in [-0.4, -0.2) is 25.0 Å². The van der Waals surface area contributed by atoms with E-state index in [1.165, 1.54) is 0 Å². The Balaban J connectivity index is 1.53. The average Bonchev–Trinajstić information content (AvgIpc) is 3.35. The van der Waals surface area contributed by atoms with Crippen molar-refractivity contribution in [3.63, 3.8) is 0 Å². The van der Waals surface area contributed by atoms with Crippen LogP contribution in [0, 0.1) is 0 Å². The SMILES string of the molecule is CC(C)n1cnc2cc(C(=O)NCc3ccccc3-n3ccnc3)ccc21. The normalized spacial score (nSPS) is 11.2. The van der Waals surface area contributed by atoms with E-state index in [-0.39, 0.29) is 5.91 Å². The summed E-state index contributed by atoms with van der Waals surface area (Å²) in [6.07, 6.45) is 7.19. The Morgan fingerprint density at radius 2 is 2.00 bits per heavy atom. The van der Waals surface area contributed by atoms with Gasteiger partial charge in [0, 0.05) is 30.5 Å². The number of hydrogen-bond acceptors (Lipinski definition) is 3. The highest BCUT2D eigenvalue weighted by Gasteiger charge is 2.11. The van der Waals surface area contributed by atoms with Gasteiger partial charge in [-0.1, -0.05) is 18.2 Å². The lowest BCUT2D eigenvalue weighted by Gasteiger charge is -2.11. The first-order valence-corrected chi connectivity index (χ1v) is 8.94. The predicted molar refractivity (Wildman–Crippen MR) is 105 cm³/mol. The second-order valence-electron chi connectivity index (χ2n) is 6.73. The van der Waals surface area contributed by atoms with Crippen LogP contribution in [-0.2, 0) is 6.54 Å². The minimum atomic E-state index is -0.114. The minimum absolute atomic E-state index is 0.114. The quantitative estimate of drug-likeness (QED) is 0.590. The summed E-state index contributed by atoms with van der Waals surface area (Å²) in [5, 5.41) is 3.00. The Morgan fingerprint density at radius 1 is 1.15 bits per heavy atom. The van der Waals surface area contributed by atoms with Crippen LogP contribution >= 0.6 is 0 Å². The minimum Gasteiger partial charge on any atom is -0.348 e. The lowest BCUT2D eigenvalue weighted by Crippen LogP contribution is -2.23. The van der Waals surface area contributed by atoms with E-state index >= 15 is 0 Å². The van der Waals surface area contributed by atoms with Gasteiger partial charge in [-0.3, -0.25) is 4.79 Å². The molecule has 0 fully saturated rings. The van der Waals surface area contributed by atoms with Crippen LogP contribution in [0.2, 0.25) is 0 Å². The maximum atomic E-state index is 12.6. The molecule has 0 spiro atoms. The highest BCUT2D eigenvalue weighted by molar-refractivity contribution is 5.97. The predicted octanol–water partition coefficient (Wildman–Crippen LogP) is 3.73. The third-order valence-corrected chi connectivity index (χ3v) is 4.61. The molecule has 0 aliphatic carbocycles. The summed E-state index contributed by atoms with van der Waals surface area (Å²) in [4.78, 5) is 21.1. The molecule has 0 bridgehead atoms. The van der Waals surface area contributed by atoms with Crippen molar-refractivity contribution >= 4 is 16.9 Å². The summed E-state index contributed by atoms with van der Waals surface area (Å²) in [7, 11) is 0. The molecule has 6 nitrogen and oxygen atoms in total. The van der Waals surface area contributed by atoms with Gasteiger partial charge >= 0.3 is 0 Å². The first kappa shape index (κ1) is 17.0. The van der Waals surface area contributed by atoms with Crippen molar-refractivity contribution in [3.05, 3.63) is 78.6 Å². The topological polar surface area (TPSA) is 64.7 Å². The van der Waals surface area contributed by atoms with Crippen LogP contribution in [0.3, 0.4) is 0 Å². The highest BCUT2D eigenvalue weighted by Crippen LogP contribution is 2.19. The van der Waals surface area contributed by atoms with Crippen molar-refractivity contribution in [2.75, 3.05) is 0 Å². The van der Waals surface area contributed by atoms with Crippen molar-refractivity contribution in [3.8, 4) is 5.69 Å². The highest BCUT2D eigenvalue weighted by atomic mass is 16.1. The molecule has 0 aliphatic rings. The van der Waals surface area contributed by atoms with Crippen molar-refractivity contribution in [1.82, 2.24) is 24.4 Å². The number of benzene rings is 2.